The molecule has 3 heteroatoms. The van der Waals surface area contributed by atoms with Gasteiger partial charge in [0, 0.05) is 0 Å². The quantitative estimate of drug-likeness (QED) is 0.712. The van der Waals surface area contributed by atoms with Crippen LogP contribution in [0.2, 0.25) is 0 Å². The highest BCUT2D eigenvalue weighted by atomic mass is 16.5. The second-order valence-corrected chi connectivity index (χ2v) is 4.60. The molecular weight excluding hydrogens is 202 g/mol. The summed E-state index contributed by atoms with van der Waals surface area (Å²) < 4.78 is 5.82. The highest BCUT2D eigenvalue weighted by Gasteiger charge is 2.22. The van der Waals surface area contributed by atoms with Crippen LogP contribution in [0.3, 0.4) is 0 Å². The summed E-state index contributed by atoms with van der Waals surface area (Å²) in [4.78, 5) is 10.2. The van der Waals surface area contributed by atoms with Gasteiger partial charge in [0.2, 0.25) is 0 Å². The number of hydrogen-bond donors (Lipinski definition) is 0. The summed E-state index contributed by atoms with van der Waals surface area (Å²) >= 11 is 0. The van der Waals surface area contributed by atoms with Crippen molar-refractivity contribution in [2.24, 2.45) is 11.1 Å². The first kappa shape index (κ1) is 11.1. The molecular formula is C13H17NO2. The van der Waals surface area contributed by atoms with Crippen molar-refractivity contribution in [2.45, 2.75) is 33.2 Å². The van der Waals surface area contributed by atoms with Crippen molar-refractivity contribution in [3.63, 3.8) is 0 Å². The Morgan fingerprint density at radius 3 is 2.44 bits per heavy atom. The molecule has 0 aliphatic heterocycles. The third kappa shape index (κ3) is 2.60. The summed E-state index contributed by atoms with van der Waals surface area (Å²) in [5.41, 5.74) is 3.15. The number of nitroso groups, excluding NO2 is 1. The lowest BCUT2D eigenvalue weighted by Crippen LogP contribution is -2.02. The number of nitrogens with zero attached hydrogens (tertiary/aromatic N) is 1. The lowest BCUT2D eigenvalue weighted by molar-refractivity contribution is 0.296. The van der Waals surface area contributed by atoms with Gasteiger partial charge in [-0.05, 0) is 49.3 Å². The van der Waals surface area contributed by atoms with Gasteiger partial charge in [0.1, 0.15) is 12.3 Å². The maximum Gasteiger partial charge on any atom is 0.125 e. The molecule has 86 valence electrons. The summed E-state index contributed by atoms with van der Waals surface area (Å²) in [7, 11) is 0. The lowest BCUT2D eigenvalue weighted by Gasteiger charge is -2.13. The van der Waals surface area contributed by atoms with E-state index in [0.29, 0.717) is 0 Å². The summed E-state index contributed by atoms with van der Waals surface area (Å²) in [6.07, 6.45) is 2.59. The molecule has 16 heavy (non-hydrogen) atoms. The van der Waals surface area contributed by atoms with Crippen LogP contribution in [0.5, 0.6) is 5.75 Å². The Hall–Kier alpha value is -1.38. The molecule has 1 aliphatic carbocycles. The third-order valence-electron chi connectivity index (χ3n) is 2.93. The van der Waals surface area contributed by atoms with E-state index in [1.807, 2.05) is 26.0 Å². The Balaban J connectivity index is 2.12. The van der Waals surface area contributed by atoms with Crippen molar-refractivity contribution in [1.29, 1.82) is 0 Å². The van der Waals surface area contributed by atoms with Crippen LogP contribution in [0, 0.1) is 24.7 Å². The summed E-state index contributed by atoms with van der Waals surface area (Å²) in [6.45, 7) is 5.10. The summed E-state index contributed by atoms with van der Waals surface area (Å²) in [5.74, 6) is 1.73. The third-order valence-corrected chi connectivity index (χ3v) is 2.93. The molecule has 2 rings (SSSR count). The van der Waals surface area contributed by atoms with Crippen LogP contribution in [0.15, 0.2) is 17.3 Å². The van der Waals surface area contributed by atoms with Gasteiger partial charge in [0.25, 0.3) is 0 Å². The van der Waals surface area contributed by atoms with Crippen molar-refractivity contribution >= 4 is 0 Å². The fraction of sp³-hybridized carbons (Fsp3) is 0.538. The van der Waals surface area contributed by atoms with Gasteiger partial charge in [0.05, 0.1) is 6.61 Å². The Kier molecular flexibility index (Phi) is 3.22. The molecule has 1 saturated carbocycles. The normalized spacial score (nSPS) is 14.9. The van der Waals surface area contributed by atoms with Crippen molar-refractivity contribution in [1.82, 2.24) is 0 Å². The highest BCUT2D eigenvalue weighted by Crippen LogP contribution is 2.32. The second kappa shape index (κ2) is 4.64. The Bertz CT molecular complexity index is 374. The fourth-order valence-corrected chi connectivity index (χ4v) is 1.92. The van der Waals surface area contributed by atoms with Gasteiger partial charge >= 0.3 is 0 Å². The Morgan fingerprint density at radius 2 is 1.94 bits per heavy atom. The first-order valence-corrected chi connectivity index (χ1v) is 5.72. The molecule has 0 aromatic heterocycles. The molecule has 0 heterocycles. The van der Waals surface area contributed by atoms with E-state index in [2.05, 4.69) is 5.18 Å². The number of benzene rings is 1. The Morgan fingerprint density at radius 1 is 1.31 bits per heavy atom. The molecule has 0 atom stereocenters. The first-order chi connectivity index (χ1) is 7.70. The van der Waals surface area contributed by atoms with Crippen LogP contribution in [-0.2, 0) is 6.54 Å². The standard InChI is InChI=1S/C13H17NO2/c1-9-5-12(7-14-15)6-10(2)13(9)16-8-11-3-4-11/h5-6,11H,3-4,7-8H2,1-2H3. The van der Waals surface area contributed by atoms with Gasteiger partial charge in [-0.25, -0.2) is 0 Å². The van der Waals surface area contributed by atoms with Gasteiger partial charge in [-0.2, -0.15) is 4.91 Å². The van der Waals surface area contributed by atoms with Crippen LogP contribution >= 0.6 is 0 Å². The van der Waals surface area contributed by atoms with E-state index in [4.69, 9.17) is 4.74 Å². The zero-order valence-corrected chi connectivity index (χ0v) is 9.82. The highest BCUT2D eigenvalue weighted by molar-refractivity contribution is 5.43. The van der Waals surface area contributed by atoms with E-state index in [0.717, 1.165) is 35.0 Å². The van der Waals surface area contributed by atoms with E-state index in [-0.39, 0.29) is 6.54 Å². The van der Waals surface area contributed by atoms with Gasteiger partial charge in [-0.3, -0.25) is 0 Å². The number of hydrogen-bond acceptors (Lipinski definition) is 3. The predicted molar refractivity (Wildman–Crippen MR) is 63.6 cm³/mol. The summed E-state index contributed by atoms with van der Waals surface area (Å²) in [6, 6.07) is 3.97. The molecule has 1 fully saturated rings. The molecule has 0 radical (unpaired) electrons. The van der Waals surface area contributed by atoms with Gasteiger partial charge < -0.3 is 4.74 Å². The topological polar surface area (TPSA) is 38.7 Å². The predicted octanol–water partition coefficient (Wildman–Crippen LogP) is 3.36. The maximum absolute atomic E-state index is 10.2. The van der Waals surface area contributed by atoms with Crippen LogP contribution in [0.25, 0.3) is 0 Å². The minimum Gasteiger partial charge on any atom is -0.493 e. The molecule has 0 unspecified atom stereocenters. The number of rotatable bonds is 5. The van der Waals surface area contributed by atoms with E-state index < -0.39 is 0 Å². The minimum absolute atomic E-state index is 0.241. The van der Waals surface area contributed by atoms with E-state index in [1.54, 1.807) is 0 Å². The molecule has 1 aromatic rings. The van der Waals surface area contributed by atoms with Crippen molar-refractivity contribution in [3.05, 3.63) is 33.7 Å². The average Bonchev–Trinajstić information content (AvgIpc) is 3.00. The SMILES string of the molecule is Cc1cc(CN=O)cc(C)c1OCC1CC1. The van der Waals surface area contributed by atoms with E-state index >= 15 is 0 Å². The molecule has 0 amide bonds. The zero-order valence-electron chi connectivity index (χ0n) is 9.82. The minimum atomic E-state index is 0.241. The van der Waals surface area contributed by atoms with Gasteiger partial charge in [0.15, 0.2) is 0 Å². The molecule has 0 saturated heterocycles. The molecule has 1 aromatic carbocycles. The average molecular weight is 219 g/mol. The monoisotopic (exact) mass is 219 g/mol. The smallest absolute Gasteiger partial charge is 0.125 e. The second-order valence-electron chi connectivity index (χ2n) is 4.60. The fourth-order valence-electron chi connectivity index (χ4n) is 1.92. The molecule has 1 aliphatic rings. The van der Waals surface area contributed by atoms with Crippen molar-refractivity contribution in [3.8, 4) is 5.75 Å². The molecule has 0 spiro atoms. The summed E-state index contributed by atoms with van der Waals surface area (Å²) in [5, 5.41) is 2.91. The largest absolute Gasteiger partial charge is 0.493 e. The molecule has 0 bridgehead atoms. The van der Waals surface area contributed by atoms with Crippen LogP contribution in [0.1, 0.15) is 29.5 Å². The molecule has 3 nitrogen and oxygen atoms in total. The maximum atomic E-state index is 10.2. The Labute approximate surface area is 95.8 Å². The number of ether oxygens (including phenoxy) is 1. The van der Waals surface area contributed by atoms with Crippen molar-refractivity contribution in [2.75, 3.05) is 6.61 Å². The van der Waals surface area contributed by atoms with E-state index in [9.17, 15) is 4.91 Å². The van der Waals surface area contributed by atoms with Crippen LogP contribution < -0.4 is 4.74 Å². The lowest BCUT2D eigenvalue weighted by atomic mass is 10.1. The van der Waals surface area contributed by atoms with E-state index in [1.165, 1.54) is 12.8 Å². The van der Waals surface area contributed by atoms with Crippen LogP contribution in [0.4, 0.5) is 0 Å². The zero-order chi connectivity index (χ0) is 11.5. The van der Waals surface area contributed by atoms with Gasteiger partial charge in [-0.15, -0.1) is 0 Å². The first-order valence-electron chi connectivity index (χ1n) is 5.72. The molecule has 0 N–H and O–H groups in total. The van der Waals surface area contributed by atoms with Crippen molar-refractivity contribution < 1.29 is 4.74 Å². The van der Waals surface area contributed by atoms with Gasteiger partial charge in [-0.1, -0.05) is 17.3 Å². The number of aryl methyl sites for hydroxylation is 2. The van der Waals surface area contributed by atoms with Crippen LogP contribution in [-0.4, -0.2) is 6.61 Å².